The maximum Gasteiger partial charge on any atom is 0.257 e. The van der Waals surface area contributed by atoms with Gasteiger partial charge in [-0.3, -0.25) is 0 Å². The average Bonchev–Trinajstić information content (AvgIpc) is 2.90. The number of methoxy groups -OCH3 is 2. The molecule has 0 saturated carbocycles. The van der Waals surface area contributed by atoms with Crippen LogP contribution in [0.2, 0.25) is 0 Å². The van der Waals surface area contributed by atoms with Crippen molar-refractivity contribution in [1.82, 2.24) is 20.3 Å². The summed E-state index contributed by atoms with van der Waals surface area (Å²) in [7, 11) is 3.04. The molecule has 1 atom stereocenters. The quantitative estimate of drug-likeness (QED) is 0.801. The summed E-state index contributed by atoms with van der Waals surface area (Å²) in [6.07, 6.45) is -0.419. The lowest BCUT2D eigenvalue weighted by Crippen LogP contribution is -2.14. The Morgan fingerprint density at radius 2 is 2.17 bits per heavy atom. The Kier molecular flexibility index (Phi) is 3.80. The van der Waals surface area contributed by atoms with Crippen LogP contribution in [-0.4, -0.2) is 41.1 Å². The molecule has 2 aromatic heterocycles. The molecule has 8 heteroatoms. The standard InChI is InChI=1S/C10H13N5O3/c1-16-7(5-11)10-12-9(15-18-10)6-3-4-8(17-2)14-13-6/h3-4,7H,5,11H2,1-2H3. The van der Waals surface area contributed by atoms with Gasteiger partial charge in [-0.15, -0.1) is 10.2 Å². The third-order valence-electron chi connectivity index (χ3n) is 2.29. The number of hydrogen-bond donors (Lipinski definition) is 1. The average molecular weight is 251 g/mol. The molecule has 96 valence electrons. The summed E-state index contributed by atoms with van der Waals surface area (Å²) in [4.78, 5) is 4.15. The number of aromatic nitrogens is 4. The molecule has 0 aromatic carbocycles. The van der Waals surface area contributed by atoms with Gasteiger partial charge in [-0.1, -0.05) is 5.16 Å². The van der Waals surface area contributed by atoms with Crippen molar-refractivity contribution in [2.24, 2.45) is 5.73 Å². The predicted molar refractivity (Wildman–Crippen MR) is 60.7 cm³/mol. The minimum atomic E-state index is -0.419. The monoisotopic (exact) mass is 251 g/mol. The topological polar surface area (TPSA) is 109 Å². The van der Waals surface area contributed by atoms with Crippen LogP contribution in [0.4, 0.5) is 0 Å². The van der Waals surface area contributed by atoms with Crippen molar-refractivity contribution in [2.75, 3.05) is 20.8 Å². The molecule has 0 aliphatic heterocycles. The smallest absolute Gasteiger partial charge is 0.257 e. The predicted octanol–water partition coefficient (Wildman–Crippen LogP) is 0.181. The molecule has 0 aliphatic carbocycles. The molecular weight excluding hydrogens is 238 g/mol. The summed E-state index contributed by atoms with van der Waals surface area (Å²) in [6, 6.07) is 3.35. The van der Waals surface area contributed by atoms with E-state index in [2.05, 4.69) is 20.3 Å². The van der Waals surface area contributed by atoms with Crippen molar-refractivity contribution in [3.05, 3.63) is 18.0 Å². The first-order valence-electron chi connectivity index (χ1n) is 5.23. The third-order valence-corrected chi connectivity index (χ3v) is 2.29. The number of nitrogens with two attached hydrogens (primary N) is 1. The second-order valence-electron chi connectivity index (χ2n) is 3.38. The van der Waals surface area contributed by atoms with Gasteiger partial charge in [0.15, 0.2) is 0 Å². The Labute approximate surface area is 103 Å². The summed E-state index contributed by atoms with van der Waals surface area (Å²) in [6.45, 7) is 0.256. The van der Waals surface area contributed by atoms with Gasteiger partial charge in [0, 0.05) is 19.7 Å². The van der Waals surface area contributed by atoms with Crippen molar-refractivity contribution in [3.8, 4) is 17.4 Å². The fourth-order valence-electron chi connectivity index (χ4n) is 1.32. The molecule has 0 radical (unpaired) electrons. The van der Waals surface area contributed by atoms with Crippen molar-refractivity contribution in [1.29, 1.82) is 0 Å². The van der Waals surface area contributed by atoms with Gasteiger partial charge in [-0.05, 0) is 6.07 Å². The van der Waals surface area contributed by atoms with E-state index in [-0.39, 0.29) is 6.54 Å². The Hall–Kier alpha value is -2.06. The van der Waals surface area contributed by atoms with Gasteiger partial charge < -0.3 is 19.7 Å². The fourth-order valence-corrected chi connectivity index (χ4v) is 1.32. The van der Waals surface area contributed by atoms with E-state index in [0.717, 1.165) is 0 Å². The molecule has 0 aliphatic rings. The molecular formula is C10H13N5O3. The van der Waals surface area contributed by atoms with E-state index in [9.17, 15) is 0 Å². The number of hydrogen-bond acceptors (Lipinski definition) is 8. The number of ether oxygens (including phenoxy) is 2. The van der Waals surface area contributed by atoms with Crippen molar-refractivity contribution in [2.45, 2.75) is 6.10 Å². The second kappa shape index (κ2) is 5.52. The van der Waals surface area contributed by atoms with Crippen molar-refractivity contribution >= 4 is 0 Å². The Balaban J connectivity index is 2.23. The molecule has 0 fully saturated rings. The second-order valence-corrected chi connectivity index (χ2v) is 3.38. The normalized spacial score (nSPS) is 12.4. The van der Waals surface area contributed by atoms with E-state index < -0.39 is 6.10 Å². The first-order valence-corrected chi connectivity index (χ1v) is 5.23. The van der Waals surface area contributed by atoms with Gasteiger partial charge in [0.1, 0.15) is 11.8 Å². The minimum Gasteiger partial charge on any atom is -0.480 e. The van der Waals surface area contributed by atoms with Crippen LogP contribution in [0.3, 0.4) is 0 Å². The number of rotatable bonds is 5. The van der Waals surface area contributed by atoms with Gasteiger partial charge in [0.2, 0.25) is 11.7 Å². The molecule has 0 amide bonds. The summed E-state index contributed by atoms with van der Waals surface area (Å²) in [5, 5.41) is 11.5. The van der Waals surface area contributed by atoms with Gasteiger partial charge in [0.05, 0.1) is 7.11 Å². The van der Waals surface area contributed by atoms with Gasteiger partial charge in [0.25, 0.3) is 5.89 Å². The fraction of sp³-hybridized carbons (Fsp3) is 0.400. The molecule has 2 rings (SSSR count). The SMILES string of the molecule is COc1ccc(-c2noc(C(CN)OC)n2)nn1. The highest BCUT2D eigenvalue weighted by Gasteiger charge is 2.18. The summed E-state index contributed by atoms with van der Waals surface area (Å²) in [5.74, 6) is 1.06. The molecule has 8 nitrogen and oxygen atoms in total. The lowest BCUT2D eigenvalue weighted by atomic mass is 10.3. The molecule has 2 N–H and O–H groups in total. The number of nitrogens with zero attached hydrogens (tertiary/aromatic N) is 4. The zero-order valence-corrected chi connectivity index (χ0v) is 10.0. The molecule has 1 unspecified atom stereocenters. The summed E-state index contributed by atoms with van der Waals surface area (Å²) < 4.78 is 15.1. The Morgan fingerprint density at radius 3 is 2.72 bits per heavy atom. The van der Waals surface area contributed by atoms with Crippen LogP contribution in [0, 0.1) is 0 Å². The third kappa shape index (κ3) is 2.44. The van der Waals surface area contributed by atoms with Crippen LogP contribution in [0.15, 0.2) is 16.7 Å². The highest BCUT2D eigenvalue weighted by Crippen LogP contribution is 2.18. The van der Waals surface area contributed by atoms with Crippen LogP contribution < -0.4 is 10.5 Å². The lowest BCUT2D eigenvalue weighted by molar-refractivity contribution is 0.0804. The first-order chi connectivity index (χ1) is 8.78. The lowest BCUT2D eigenvalue weighted by Gasteiger charge is -2.05. The highest BCUT2D eigenvalue weighted by molar-refractivity contribution is 5.47. The largest absolute Gasteiger partial charge is 0.480 e. The van der Waals surface area contributed by atoms with E-state index in [0.29, 0.717) is 23.3 Å². The van der Waals surface area contributed by atoms with E-state index in [4.69, 9.17) is 19.7 Å². The van der Waals surface area contributed by atoms with E-state index >= 15 is 0 Å². The van der Waals surface area contributed by atoms with E-state index in [1.165, 1.54) is 14.2 Å². The molecule has 0 spiro atoms. The van der Waals surface area contributed by atoms with Crippen LogP contribution in [0.1, 0.15) is 12.0 Å². The Morgan fingerprint density at radius 1 is 1.33 bits per heavy atom. The zero-order chi connectivity index (χ0) is 13.0. The van der Waals surface area contributed by atoms with Crippen molar-refractivity contribution in [3.63, 3.8) is 0 Å². The minimum absolute atomic E-state index is 0.256. The Bertz CT molecular complexity index is 494. The first kappa shape index (κ1) is 12.4. The van der Waals surface area contributed by atoms with E-state index in [1.54, 1.807) is 12.1 Å². The zero-order valence-electron chi connectivity index (χ0n) is 10.0. The van der Waals surface area contributed by atoms with Gasteiger partial charge in [-0.25, -0.2) is 0 Å². The van der Waals surface area contributed by atoms with Crippen LogP contribution in [0.5, 0.6) is 5.88 Å². The van der Waals surface area contributed by atoms with Gasteiger partial charge in [-0.2, -0.15) is 4.98 Å². The summed E-state index contributed by atoms with van der Waals surface area (Å²) in [5.41, 5.74) is 5.99. The maximum atomic E-state index is 5.50. The molecule has 0 bridgehead atoms. The molecule has 18 heavy (non-hydrogen) atoms. The van der Waals surface area contributed by atoms with E-state index in [1.807, 2.05) is 0 Å². The molecule has 2 aromatic rings. The van der Waals surface area contributed by atoms with Crippen LogP contribution in [0.25, 0.3) is 11.5 Å². The van der Waals surface area contributed by atoms with Gasteiger partial charge >= 0.3 is 0 Å². The van der Waals surface area contributed by atoms with Crippen LogP contribution in [-0.2, 0) is 4.74 Å². The van der Waals surface area contributed by atoms with Crippen molar-refractivity contribution < 1.29 is 14.0 Å². The van der Waals surface area contributed by atoms with Crippen LogP contribution >= 0.6 is 0 Å². The maximum absolute atomic E-state index is 5.50. The highest BCUT2D eigenvalue weighted by atomic mass is 16.5. The molecule has 0 saturated heterocycles. The molecule has 2 heterocycles. The summed E-state index contributed by atoms with van der Waals surface area (Å²) >= 11 is 0.